The molecule has 1 aromatic rings. The monoisotopic (exact) mass is 250 g/mol. The van der Waals surface area contributed by atoms with Crippen molar-refractivity contribution >= 4 is 23.4 Å². The standard InChI is InChI=1S/C13H18N2OS/c1-9(2)17-12-5-3-11(4-6-12)15-13(16)10-7-14-8-10/h3-6,9-10,14H,7-8H2,1-2H3,(H,15,16). The summed E-state index contributed by atoms with van der Waals surface area (Å²) in [5.74, 6) is 0.257. The third-order valence-electron chi connectivity index (χ3n) is 2.65. The SMILES string of the molecule is CC(C)Sc1ccc(NC(=O)C2CNC2)cc1. The Balaban J connectivity index is 1.90. The van der Waals surface area contributed by atoms with Crippen LogP contribution in [0, 0.1) is 5.92 Å². The Labute approximate surface area is 106 Å². The van der Waals surface area contributed by atoms with Gasteiger partial charge in [0.05, 0.1) is 5.92 Å². The molecular weight excluding hydrogens is 232 g/mol. The molecule has 1 fully saturated rings. The fraction of sp³-hybridized carbons (Fsp3) is 0.462. The van der Waals surface area contributed by atoms with Crippen molar-refractivity contribution in [3.8, 4) is 0 Å². The van der Waals surface area contributed by atoms with Gasteiger partial charge in [-0.05, 0) is 24.3 Å². The summed E-state index contributed by atoms with van der Waals surface area (Å²) in [4.78, 5) is 12.9. The molecule has 4 heteroatoms. The number of nitrogens with one attached hydrogen (secondary N) is 2. The van der Waals surface area contributed by atoms with Gasteiger partial charge in [0.1, 0.15) is 0 Å². The van der Waals surface area contributed by atoms with E-state index in [0.29, 0.717) is 5.25 Å². The molecule has 0 spiro atoms. The largest absolute Gasteiger partial charge is 0.326 e. The molecule has 0 atom stereocenters. The molecule has 1 heterocycles. The van der Waals surface area contributed by atoms with Crippen molar-refractivity contribution in [2.45, 2.75) is 24.0 Å². The summed E-state index contributed by atoms with van der Waals surface area (Å²) >= 11 is 1.83. The lowest BCUT2D eigenvalue weighted by molar-refractivity contribution is -0.121. The molecule has 17 heavy (non-hydrogen) atoms. The van der Waals surface area contributed by atoms with Gasteiger partial charge in [-0.15, -0.1) is 11.8 Å². The van der Waals surface area contributed by atoms with Crippen LogP contribution in [0.1, 0.15) is 13.8 Å². The number of carbonyl (C=O) groups excluding carboxylic acids is 1. The smallest absolute Gasteiger partial charge is 0.230 e. The highest BCUT2D eigenvalue weighted by molar-refractivity contribution is 7.99. The molecule has 2 rings (SSSR count). The van der Waals surface area contributed by atoms with E-state index < -0.39 is 0 Å². The summed E-state index contributed by atoms with van der Waals surface area (Å²) < 4.78 is 0. The normalized spacial score (nSPS) is 15.7. The Bertz CT molecular complexity index is 385. The molecule has 1 aromatic carbocycles. The first-order valence-electron chi connectivity index (χ1n) is 5.93. The van der Waals surface area contributed by atoms with E-state index in [1.165, 1.54) is 4.90 Å². The lowest BCUT2D eigenvalue weighted by atomic mass is 10.0. The number of carbonyl (C=O) groups is 1. The summed E-state index contributed by atoms with van der Waals surface area (Å²) in [6.45, 7) is 5.94. The minimum Gasteiger partial charge on any atom is -0.326 e. The van der Waals surface area contributed by atoms with Crippen molar-refractivity contribution in [3.05, 3.63) is 24.3 Å². The van der Waals surface area contributed by atoms with E-state index in [0.717, 1.165) is 18.8 Å². The Kier molecular flexibility index (Phi) is 4.07. The van der Waals surface area contributed by atoms with Crippen molar-refractivity contribution in [2.75, 3.05) is 18.4 Å². The van der Waals surface area contributed by atoms with Gasteiger partial charge in [0, 0.05) is 28.9 Å². The maximum absolute atomic E-state index is 11.7. The van der Waals surface area contributed by atoms with Crippen LogP contribution in [-0.4, -0.2) is 24.2 Å². The molecular formula is C13H18N2OS. The number of anilines is 1. The Morgan fingerprint density at radius 3 is 2.47 bits per heavy atom. The molecule has 0 radical (unpaired) electrons. The number of thioether (sulfide) groups is 1. The first-order chi connectivity index (χ1) is 8.15. The number of hydrogen-bond donors (Lipinski definition) is 2. The summed E-state index contributed by atoms with van der Waals surface area (Å²) in [7, 11) is 0. The fourth-order valence-corrected chi connectivity index (χ4v) is 2.44. The minimum absolute atomic E-state index is 0.119. The Morgan fingerprint density at radius 1 is 1.35 bits per heavy atom. The highest BCUT2D eigenvalue weighted by Gasteiger charge is 2.24. The second-order valence-corrected chi connectivity index (χ2v) is 6.19. The molecule has 1 saturated heterocycles. The van der Waals surface area contributed by atoms with Crippen LogP contribution >= 0.6 is 11.8 Å². The van der Waals surface area contributed by atoms with Gasteiger partial charge in [0.25, 0.3) is 0 Å². The van der Waals surface area contributed by atoms with Crippen molar-refractivity contribution < 1.29 is 4.79 Å². The van der Waals surface area contributed by atoms with Crippen LogP contribution in [0.3, 0.4) is 0 Å². The van der Waals surface area contributed by atoms with Gasteiger partial charge in [0.2, 0.25) is 5.91 Å². The first-order valence-corrected chi connectivity index (χ1v) is 6.81. The molecule has 0 unspecified atom stereocenters. The highest BCUT2D eigenvalue weighted by atomic mass is 32.2. The van der Waals surface area contributed by atoms with E-state index in [2.05, 4.69) is 36.6 Å². The lowest BCUT2D eigenvalue weighted by Gasteiger charge is -2.25. The molecule has 0 aromatic heterocycles. The van der Waals surface area contributed by atoms with E-state index in [-0.39, 0.29) is 11.8 Å². The molecule has 3 nitrogen and oxygen atoms in total. The van der Waals surface area contributed by atoms with E-state index >= 15 is 0 Å². The molecule has 92 valence electrons. The maximum Gasteiger partial charge on any atom is 0.230 e. The number of rotatable bonds is 4. The molecule has 0 aliphatic carbocycles. The van der Waals surface area contributed by atoms with Crippen molar-refractivity contribution in [2.24, 2.45) is 5.92 Å². The van der Waals surface area contributed by atoms with Gasteiger partial charge in [-0.25, -0.2) is 0 Å². The summed E-state index contributed by atoms with van der Waals surface area (Å²) in [6.07, 6.45) is 0. The van der Waals surface area contributed by atoms with Gasteiger partial charge in [-0.2, -0.15) is 0 Å². The fourth-order valence-electron chi connectivity index (χ4n) is 1.61. The molecule has 1 aliphatic rings. The summed E-state index contributed by atoms with van der Waals surface area (Å²) in [5, 5.41) is 6.61. The van der Waals surface area contributed by atoms with E-state index in [1.807, 2.05) is 23.9 Å². The van der Waals surface area contributed by atoms with Gasteiger partial charge in [-0.1, -0.05) is 13.8 Å². The predicted molar refractivity (Wildman–Crippen MR) is 72.4 cm³/mol. The summed E-state index contributed by atoms with van der Waals surface area (Å²) in [6, 6.07) is 8.04. The van der Waals surface area contributed by atoms with Crippen LogP contribution in [0.4, 0.5) is 5.69 Å². The second kappa shape index (κ2) is 5.56. The second-order valence-electron chi connectivity index (χ2n) is 4.54. The van der Waals surface area contributed by atoms with Gasteiger partial charge in [0.15, 0.2) is 0 Å². The lowest BCUT2D eigenvalue weighted by Crippen LogP contribution is -2.48. The number of benzene rings is 1. The predicted octanol–water partition coefficient (Wildman–Crippen LogP) is 2.34. The van der Waals surface area contributed by atoms with Gasteiger partial charge < -0.3 is 10.6 Å². The number of amides is 1. The molecule has 0 saturated carbocycles. The zero-order valence-electron chi connectivity index (χ0n) is 10.2. The average molecular weight is 250 g/mol. The minimum atomic E-state index is 0.119. The van der Waals surface area contributed by atoms with Crippen LogP contribution in [0.15, 0.2) is 29.2 Å². The molecule has 1 amide bonds. The summed E-state index contributed by atoms with van der Waals surface area (Å²) in [5.41, 5.74) is 0.884. The Morgan fingerprint density at radius 2 is 2.00 bits per heavy atom. The van der Waals surface area contributed by atoms with Gasteiger partial charge >= 0.3 is 0 Å². The van der Waals surface area contributed by atoms with Crippen LogP contribution in [0.2, 0.25) is 0 Å². The third kappa shape index (κ3) is 3.48. The topological polar surface area (TPSA) is 41.1 Å². The van der Waals surface area contributed by atoms with Crippen LogP contribution in [-0.2, 0) is 4.79 Å². The van der Waals surface area contributed by atoms with E-state index in [9.17, 15) is 4.79 Å². The van der Waals surface area contributed by atoms with Crippen LogP contribution < -0.4 is 10.6 Å². The van der Waals surface area contributed by atoms with Crippen molar-refractivity contribution in [3.63, 3.8) is 0 Å². The van der Waals surface area contributed by atoms with Crippen LogP contribution in [0.25, 0.3) is 0 Å². The van der Waals surface area contributed by atoms with Crippen LogP contribution in [0.5, 0.6) is 0 Å². The van der Waals surface area contributed by atoms with Crippen molar-refractivity contribution in [1.29, 1.82) is 0 Å². The molecule has 2 N–H and O–H groups in total. The van der Waals surface area contributed by atoms with E-state index in [4.69, 9.17) is 0 Å². The average Bonchev–Trinajstić information content (AvgIpc) is 2.17. The third-order valence-corrected chi connectivity index (χ3v) is 3.66. The highest BCUT2D eigenvalue weighted by Crippen LogP contribution is 2.24. The maximum atomic E-state index is 11.7. The zero-order chi connectivity index (χ0) is 12.3. The molecule has 1 aliphatic heterocycles. The first kappa shape index (κ1) is 12.5. The van der Waals surface area contributed by atoms with Gasteiger partial charge in [-0.3, -0.25) is 4.79 Å². The van der Waals surface area contributed by atoms with Crippen molar-refractivity contribution in [1.82, 2.24) is 5.32 Å². The van der Waals surface area contributed by atoms with E-state index in [1.54, 1.807) is 0 Å². The molecule has 0 bridgehead atoms. The zero-order valence-corrected chi connectivity index (χ0v) is 11.0. The number of hydrogen-bond acceptors (Lipinski definition) is 3. The Hall–Kier alpha value is -1.00. The quantitative estimate of drug-likeness (QED) is 0.806.